The van der Waals surface area contributed by atoms with E-state index >= 15 is 0 Å². The Hall–Kier alpha value is -1.43. The molecule has 0 aliphatic carbocycles. The van der Waals surface area contributed by atoms with Crippen molar-refractivity contribution in [2.24, 2.45) is 0 Å². The molecule has 0 aliphatic rings. The maximum absolute atomic E-state index is 12.3. The molecule has 3 atom stereocenters. The SMILES string of the molecule is CCCCC/C=C/CC/C=C/C(O)C(CO)NC(=O)CC(O)CCCCC/C=C\CCCCCCCCCCC. The van der Waals surface area contributed by atoms with E-state index in [0.29, 0.717) is 6.42 Å². The van der Waals surface area contributed by atoms with Gasteiger partial charge in [0.05, 0.1) is 31.3 Å². The van der Waals surface area contributed by atoms with Gasteiger partial charge in [-0.05, 0) is 57.8 Å². The molecule has 0 spiro atoms. The molecule has 0 aromatic carbocycles. The maximum atomic E-state index is 12.3. The molecule has 5 nitrogen and oxygen atoms in total. The van der Waals surface area contributed by atoms with Gasteiger partial charge in [0.15, 0.2) is 0 Å². The summed E-state index contributed by atoms with van der Waals surface area (Å²) in [5, 5.41) is 32.8. The number of aliphatic hydroxyl groups excluding tert-OH is 3. The first kappa shape index (κ1) is 38.6. The Kier molecular flexibility index (Phi) is 29.4. The largest absolute Gasteiger partial charge is 0.394 e. The Morgan fingerprint density at radius 2 is 1.07 bits per heavy atom. The Morgan fingerprint density at radius 3 is 1.65 bits per heavy atom. The van der Waals surface area contributed by atoms with Gasteiger partial charge in [-0.25, -0.2) is 0 Å². The van der Waals surface area contributed by atoms with Crippen LogP contribution in [0.2, 0.25) is 0 Å². The molecule has 0 aromatic heterocycles. The van der Waals surface area contributed by atoms with E-state index in [1.165, 1.54) is 83.5 Å². The van der Waals surface area contributed by atoms with Crippen LogP contribution < -0.4 is 5.32 Å². The molecule has 0 bridgehead atoms. The molecule has 4 N–H and O–H groups in total. The van der Waals surface area contributed by atoms with Crippen LogP contribution in [0.5, 0.6) is 0 Å². The van der Waals surface area contributed by atoms with Crippen LogP contribution in [-0.2, 0) is 4.79 Å². The maximum Gasteiger partial charge on any atom is 0.222 e. The number of carbonyl (C=O) groups excluding carboxylic acids is 1. The van der Waals surface area contributed by atoms with Crippen LogP contribution in [0, 0.1) is 0 Å². The molecular formula is C35H65NO4. The van der Waals surface area contributed by atoms with E-state index in [1.807, 2.05) is 6.08 Å². The van der Waals surface area contributed by atoms with Crippen LogP contribution in [0.3, 0.4) is 0 Å². The van der Waals surface area contributed by atoms with Crippen LogP contribution in [0.25, 0.3) is 0 Å². The van der Waals surface area contributed by atoms with Crippen molar-refractivity contribution in [1.82, 2.24) is 5.32 Å². The molecule has 0 fully saturated rings. The van der Waals surface area contributed by atoms with Crippen molar-refractivity contribution in [1.29, 1.82) is 0 Å². The summed E-state index contributed by atoms with van der Waals surface area (Å²) in [5.41, 5.74) is 0. The lowest BCUT2D eigenvalue weighted by Gasteiger charge is -2.20. The lowest BCUT2D eigenvalue weighted by molar-refractivity contribution is -0.124. The van der Waals surface area contributed by atoms with Crippen molar-refractivity contribution in [3.8, 4) is 0 Å². The number of carbonyl (C=O) groups is 1. The van der Waals surface area contributed by atoms with Crippen LogP contribution in [-0.4, -0.2) is 46.1 Å². The zero-order valence-electron chi connectivity index (χ0n) is 26.2. The van der Waals surface area contributed by atoms with Crippen molar-refractivity contribution in [2.45, 2.75) is 173 Å². The zero-order chi connectivity index (χ0) is 29.5. The number of aliphatic hydroxyl groups is 3. The molecule has 0 rings (SSSR count). The number of hydrogen-bond donors (Lipinski definition) is 4. The number of amides is 1. The van der Waals surface area contributed by atoms with Crippen molar-refractivity contribution in [3.05, 3.63) is 36.5 Å². The summed E-state index contributed by atoms with van der Waals surface area (Å²) in [6, 6.07) is -0.761. The fourth-order valence-corrected chi connectivity index (χ4v) is 4.76. The smallest absolute Gasteiger partial charge is 0.222 e. The number of allylic oxidation sites excluding steroid dienone is 5. The van der Waals surface area contributed by atoms with Crippen molar-refractivity contribution < 1.29 is 20.1 Å². The summed E-state index contributed by atoms with van der Waals surface area (Å²) in [6.07, 6.45) is 35.6. The third-order valence-corrected chi connectivity index (χ3v) is 7.40. The third kappa shape index (κ3) is 26.8. The highest BCUT2D eigenvalue weighted by atomic mass is 16.3. The van der Waals surface area contributed by atoms with E-state index in [9.17, 15) is 20.1 Å². The van der Waals surface area contributed by atoms with Gasteiger partial charge < -0.3 is 20.6 Å². The van der Waals surface area contributed by atoms with Crippen LogP contribution in [0.15, 0.2) is 36.5 Å². The van der Waals surface area contributed by atoms with E-state index < -0.39 is 18.2 Å². The van der Waals surface area contributed by atoms with Crippen molar-refractivity contribution >= 4 is 5.91 Å². The molecular weight excluding hydrogens is 498 g/mol. The van der Waals surface area contributed by atoms with Crippen LogP contribution >= 0.6 is 0 Å². The Bertz CT molecular complexity index is 631. The Balaban J connectivity index is 3.80. The molecule has 0 aliphatic heterocycles. The third-order valence-electron chi connectivity index (χ3n) is 7.40. The highest BCUT2D eigenvalue weighted by Crippen LogP contribution is 2.12. The van der Waals surface area contributed by atoms with Gasteiger partial charge in [0.2, 0.25) is 5.91 Å². The molecule has 0 heterocycles. The van der Waals surface area contributed by atoms with E-state index in [-0.39, 0.29) is 18.9 Å². The topological polar surface area (TPSA) is 89.8 Å². The van der Waals surface area contributed by atoms with Crippen LogP contribution in [0.4, 0.5) is 0 Å². The lowest BCUT2D eigenvalue weighted by Crippen LogP contribution is -2.45. The minimum absolute atomic E-state index is 0.00555. The zero-order valence-corrected chi connectivity index (χ0v) is 26.2. The molecule has 40 heavy (non-hydrogen) atoms. The van der Waals surface area contributed by atoms with E-state index in [2.05, 4.69) is 43.5 Å². The second-order valence-corrected chi connectivity index (χ2v) is 11.4. The molecule has 3 unspecified atom stereocenters. The summed E-state index contributed by atoms with van der Waals surface area (Å²) in [6.45, 7) is 4.11. The minimum Gasteiger partial charge on any atom is -0.394 e. The van der Waals surface area contributed by atoms with Gasteiger partial charge in [-0.2, -0.15) is 0 Å². The molecule has 0 saturated carbocycles. The van der Waals surface area contributed by atoms with Crippen molar-refractivity contribution in [2.75, 3.05) is 6.61 Å². The normalized spacial score (nSPS) is 14.4. The first-order valence-electron chi connectivity index (χ1n) is 16.8. The Labute approximate surface area is 247 Å². The van der Waals surface area contributed by atoms with E-state index in [0.717, 1.165) is 44.9 Å². The van der Waals surface area contributed by atoms with Gasteiger partial charge in [-0.1, -0.05) is 127 Å². The highest BCUT2D eigenvalue weighted by Gasteiger charge is 2.19. The molecule has 5 heteroatoms. The summed E-state index contributed by atoms with van der Waals surface area (Å²) < 4.78 is 0. The number of unbranched alkanes of at least 4 members (excludes halogenated alkanes) is 16. The first-order chi connectivity index (χ1) is 19.5. The standard InChI is InChI=1S/C35H65NO4/c1-3-5-7-9-11-13-14-15-16-17-18-19-21-22-24-26-28-32(38)30-35(40)36-33(31-37)34(39)29-27-25-23-20-12-10-8-6-4-2/h12,18-20,27,29,32-34,37-39H,3-11,13-17,21-26,28,30-31H2,1-2H3,(H,36,40)/b19-18-,20-12+,29-27+. The van der Waals surface area contributed by atoms with Gasteiger partial charge in [-0.3, -0.25) is 4.79 Å². The number of nitrogens with one attached hydrogen (secondary N) is 1. The summed E-state index contributed by atoms with van der Waals surface area (Å²) in [4.78, 5) is 12.3. The van der Waals surface area contributed by atoms with Crippen LogP contribution in [0.1, 0.15) is 155 Å². The lowest BCUT2D eigenvalue weighted by atomic mass is 10.0. The Morgan fingerprint density at radius 1 is 0.625 bits per heavy atom. The summed E-state index contributed by atoms with van der Waals surface area (Å²) in [7, 11) is 0. The predicted molar refractivity (Wildman–Crippen MR) is 171 cm³/mol. The van der Waals surface area contributed by atoms with Gasteiger partial charge in [0, 0.05) is 0 Å². The summed E-state index contributed by atoms with van der Waals surface area (Å²) in [5.74, 6) is -0.339. The minimum atomic E-state index is -0.951. The van der Waals surface area contributed by atoms with Gasteiger partial charge >= 0.3 is 0 Å². The predicted octanol–water partition coefficient (Wildman–Crippen LogP) is 8.48. The van der Waals surface area contributed by atoms with Gasteiger partial charge in [0.1, 0.15) is 0 Å². The van der Waals surface area contributed by atoms with E-state index in [1.54, 1.807) is 6.08 Å². The fraction of sp³-hybridized carbons (Fsp3) is 0.800. The first-order valence-corrected chi connectivity index (χ1v) is 16.8. The van der Waals surface area contributed by atoms with Crippen molar-refractivity contribution in [3.63, 3.8) is 0 Å². The highest BCUT2D eigenvalue weighted by molar-refractivity contribution is 5.76. The van der Waals surface area contributed by atoms with E-state index in [4.69, 9.17) is 0 Å². The van der Waals surface area contributed by atoms with Gasteiger partial charge in [0.25, 0.3) is 0 Å². The fourth-order valence-electron chi connectivity index (χ4n) is 4.76. The monoisotopic (exact) mass is 563 g/mol. The number of hydrogen-bond acceptors (Lipinski definition) is 4. The molecule has 234 valence electrons. The summed E-state index contributed by atoms with van der Waals surface area (Å²) >= 11 is 0. The average Bonchev–Trinajstić information content (AvgIpc) is 2.94. The van der Waals surface area contributed by atoms with Gasteiger partial charge in [-0.15, -0.1) is 0 Å². The second-order valence-electron chi connectivity index (χ2n) is 11.4. The molecule has 0 radical (unpaired) electrons. The molecule has 0 aromatic rings. The average molecular weight is 564 g/mol. The molecule has 0 saturated heterocycles. The number of rotatable bonds is 29. The quantitative estimate of drug-likeness (QED) is 0.0543. The second kappa shape index (κ2) is 30.5. The molecule has 1 amide bonds.